The number of nitrogens with one attached hydrogen (secondary N) is 1. The molecule has 1 amide bonds. The van der Waals surface area contributed by atoms with Gasteiger partial charge >= 0.3 is 0 Å². The van der Waals surface area contributed by atoms with Crippen LogP contribution in [-0.2, 0) is 0 Å². The highest BCUT2D eigenvalue weighted by atomic mass is 35.5. The summed E-state index contributed by atoms with van der Waals surface area (Å²) in [4.78, 5) is 16.4. The summed E-state index contributed by atoms with van der Waals surface area (Å²) < 4.78 is 0. The van der Waals surface area contributed by atoms with Crippen molar-refractivity contribution in [2.45, 2.75) is 25.3 Å². The molecule has 92 valence electrons. The molecule has 3 nitrogen and oxygen atoms in total. The molecule has 4 heteroatoms. The summed E-state index contributed by atoms with van der Waals surface area (Å²) in [5.74, 6) is -0.150. The third-order valence-corrected chi connectivity index (χ3v) is 3.63. The Morgan fingerprint density at radius 1 is 1.39 bits per heavy atom. The number of halogens is 1. The van der Waals surface area contributed by atoms with Gasteiger partial charge in [-0.25, -0.2) is 4.98 Å². The fourth-order valence-corrected chi connectivity index (χ4v) is 2.16. The van der Waals surface area contributed by atoms with Crippen LogP contribution in [0, 0.1) is 0 Å². The van der Waals surface area contributed by atoms with Crippen molar-refractivity contribution in [3.05, 3.63) is 41.0 Å². The predicted molar refractivity (Wildman–Crippen MR) is 71.9 cm³/mol. The molecular formula is C14H13ClN2O. The molecule has 2 aromatic rings. The van der Waals surface area contributed by atoms with Gasteiger partial charge in [0.05, 0.1) is 10.5 Å². The predicted octanol–water partition coefficient (Wildman–Crippen LogP) is 3.17. The second-order valence-electron chi connectivity index (χ2n) is 5.02. The van der Waals surface area contributed by atoms with Crippen molar-refractivity contribution in [1.29, 1.82) is 0 Å². The number of amides is 1. The Balaban J connectivity index is 1.99. The molecule has 1 aromatic heterocycles. The lowest BCUT2D eigenvalue weighted by molar-refractivity contribution is 0.0931. The Bertz CT molecular complexity index is 635. The van der Waals surface area contributed by atoms with Gasteiger partial charge in [-0.05, 0) is 31.9 Å². The lowest BCUT2D eigenvalue weighted by Gasteiger charge is -2.11. The highest BCUT2D eigenvalue weighted by Crippen LogP contribution is 2.34. The number of rotatable bonds is 2. The van der Waals surface area contributed by atoms with Crippen molar-refractivity contribution < 1.29 is 4.79 Å². The molecule has 0 aliphatic heterocycles. The Kier molecular flexibility index (Phi) is 2.52. The molecule has 1 saturated carbocycles. The lowest BCUT2D eigenvalue weighted by Crippen LogP contribution is -2.34. The molecule has 0 unspecified atom stereocenters. The van der Waals surface area contributed by atoms with E-state index in [4.69, 9.17) is 11.6 Å². The van der Waals surface area contributed by atoms with Crippen molar-refractivity contribution in [2.24, 2.45) is 0 Å². The highest BCUT2D eigenvalue weighted by Gasteiger charge is 2.39. The van der Waals surface area contributed by atoms with Crippen LogP contribution in [0.5, 0.6) is 0 Å². The fourth-order valence-electron chi connectivity index (χ4n) is 1.90. The van der Waals surface area contributed by atoms with Gasteiger partial charge < -0.3 is 5.32 Å². The van der Waals surface area contributed by atoms with Crippen LogP contribution in [0.25, 0.3) is 10.9 Å². The normalized spacial score (nSPS) is 16.6. The van der Waals surface area contributed by atoms with Gasteiger partial charge in [0.1, 0.15) is 5.69 Å². The molecule has 1 aliphatic rings. The van der Waals surface area contributed by atoms with Gasteiger partial charge in [0.25, 0.3) is 5.91 Å². The van der Waals surface area contributed by atoms with Gasteiger partial charge in [-0.2, -0.15) is 0 Å². The zero-order valence-corrected chi connectivity index (χ0v) is 10.8. The minimum absolute atomic E-state index is 0.0448. The van der Waals surface area contributed by atoms with Crippen LogP contribution in [0.15, 0.2) is 30.3 Å². The van der Waals surface area contributed by atoms with E-state index in [2.05, 4.69) is 10.3 Å². The largest absolute Gasteiger partial charge is 0.346 e. The lowest BCUT2D eigenvalue weighted by atomic mass is 10.2. The van der Waals surface area contributed by atoms with Gasteiger partial charge in [-0.1, -0.05) is 29.8 Å². The molecule has 0 atom stereocenters. The topological polar surface area (TPSA) is 42.0 Å². The van der Waals surface area contributed by atoms with Gasteiger partial charge in [-0.3, -0.25) is 4.79 Å². The molecule has 18 heavy (non-hydrogen) atoms. The first kappa shape index (κ1) is 11.5. The standard InChI is InChI=1S/C14H13ClN2O/c1-14(6-7-14)17-13(18)12-8-10(15)9-4-2-3-5-11(9)16-12/h2-5,8H,6-7H2,1H3,(H,17,18). The maximum Gasteiger partial charge on any atom is 0.270 e. The molecule has 1 aliphatic carbocycles. The van der Waals surface area contributed by atoms with Crippen molar-refractivity contribution in [3.63, 3.8) is 0 Å². The minimum atomic E-state index is -0.150. The molecule has 0 bridgehead atoms. The average Bonchev–Trinajstić information content (AvgIpc) is 3.06. The summed E-state index contributed by atoms with van der Waals surface area (Å²) in [6, 6.07) is 9.17. The van der Waals surface area contributed by atoms with Crippen LogP contribution in [0.3, 0.4) is 0 Å². The first-order valence-corrected chi connectivity index (χ1v) is 6.33. The van der Waals surface area contributed by atoms with Crippen LogP contribution in [0.1, 0.15) is 30.3 Å². The molecule has 3 rings (SSSR count). The van der Waals surface area contributed by atoms with E-state index in [1.54, 1.807) is 6.07 Å². The number of carbonyl (C=O) groups excluding carboxylic acids is 1. The average molecular weight is 261 g/mol. The van der Waals surface area contributed by atoms with Crippen LogP contribution in [-0.4, -0.2) is 16.4 Å². The SMILES string of the molecule is CC1(NC(=O)c2cc(Cl)c3ccccc3n2)CC1. The number of hydrogen-bond donors (Lipinski definition) is 1. The molecule has 1 heterocycles. The quantitative estimate of drug-likeness (QED) is 0.901. The van der Waals surface area contributed by atoms with E-state index >= 15 is 0 Å². The Morgan fingerprint density at radius 3 is 2.83 bits per heavy atom. The van der Waals surface area contributed by atoms with E-state index in [-0.39, 0.29) is 11.4 Å². The fraction of sp³-hybridized carbons (Fsp3) is 0.286. The van der Waals surface area contributed by atoms with E-state index in [9.17, 15) is 4.79 Å². The number of fused-ring (bicyclic) bond motifs is 1. The molecular weight excluding hydrogens is 248 g/mol. The first-order valence-electron chi connectivity index (χ1n) is 5.95. The molecule has 0 spiro atoms. The summed E-state index contributed by atoms with van der Waals surface area (Å²) in [6.45, 7) is 2.04. The monoisotopic (exact) mass is 260 g/mol. The van der Waals surface area contributed by atoms with Crippen LogP contribution < -0.4 is 5.32 Å². The summed E-state index contributed by atoms with van der Waals surface area (Å²) in [7, 11) is 0. The minimum Gasteiger partial charge on any atom is -0.346 e. The number of para-hydroxylation sites is 1. The van der Waals surface area contributed by atoms with Crippen molar-refractivity contribution >= 4 is 28.4 Å². The summed E-state index contributed by atoms with van der Waals surface area (Å²) >= 11 is 6.17. The van der Waals surface area contributed by atoms with Crippen molar-refractivity contribution in [1.82, 2.24) is 10.3 Å². The third kappa shape index (κ3) is 2.06. The number of carbonyl (C=O) groups is 1. The van der Waals surface area contributed by atoms with Crippen LogP contribution >= 0.6 is 11.6 Å². The summed E-state index contributed by atoms with van der Waals surface area (Å²) in [5, 5.41) is 4.41. The molecule has 1 N–H and O–H groups in total. The number of benzene rings is 1. The zero-order valence-electron chi connectivity index (χ0n) is 10.0. The highest BCUT2D eigenvalue weighted by molar-refractivity contribution is 6.35. The van der Waals surface area contributed by atoms with Gasteiger partial charge in [-0.15, -0.1) is 0 Å². The van der Waals surface area contributed by atoms with Crippen molar-refractivity contribution in [2.75, 3.05) is 0 Å². The van der Waals surface area contributed by atoms with Gasteiger partial charge in [0.2, 0.25) is 0 Å². The third-order valence-electron chi connectivity index (χ3n) is 3.31. The summed E-state index contributed by atoms with van der Waals surface area (Å²) in [5.41, 5.74) is 1.08. The molecule has 1 aromatic carbocycles. The molecule has 1 fully saturated rings. The maximum atomic E-state index is 12.1. The van der Waals surface area contributed by atoms with E-state index in [0.717, 1.165) is 23.7 Å². The zero-order chi connectivity index (χ0) is 12.8. The number of pyridine rings is 1. The van der Waals surface area contributed by atoms with Crippen molar-refractivity contribution in [3.8, 4) is 0 Å². The first-order chi connectivity index (χ1) is 8.57. The van der Waals surface area contributed by atoms with Gasteiger partial charge in [0.15, 0.2) is 0 Å². The number of aromatic nitrogens is 1. The molecule has 0 radical (unpaired) electrons. The molecule has 0 saturated heterocycles. The van der Waals surface area contributed by atoms with Crippen LogP contribution in [0.4, 0.5) is 0 Å². The van der Waals surface area contributed by atoms with E-state index < -0.39 is 0 Å². The Morgan fingerprint density at radius 2 is 2.11 bits per heavy atom. The summed E-state index contributed by atoms with van der Waals surface area (Å²) in [6.07, 6.45) is 2.06. The second-order valence-corrected chi connectivity index (χ2v) is 5.43. The van der Waals surface area contributed by atoms with Crippen LogP contribution in [0.2, 0.25) is 5.02 Å². The van der Waals surface area contributed by atoms with Gasteiger partial charge in [0, 0.05) is 10.9 Å². The van der Waals surface area contributed by atoms with E-state index in [1.807, 2.05) is 31.2 Å². The maximum absolute atomic E-state index is 12.1. The Hall–Kier alpha value is -1.61. The Labute approximate surface area is 110 Å². The van der Waals surface area contributed by atoms with E-state index in [1.165, 1.54) is 0 Å². The second kappa shape index (κ2) is 3.95. The van der Waals surface area contributed by atoms with E-state index in [0.29, 0.717) is 10.7 Å². The number of hydrogen-bond acceptors (Lipinski definition) is 2. The smallest absolute Gasteiger partial charge is 0.270 e. The number of nitrogens with zero attached hydrogens (tertiary/aromatic N) is 1.